The van der Waals surface area contributed by atoms with Crippen LogP contribution in [0.5, 0.6) is 0 Å². The summed E-state index contributed by atoms with van der Waals surface area (Å²) in [5, 5.41) is 24.6. The molecule has 5 N–H and O–H groups in total. The standard InChI is InChI=1S/C34H38FN9O/c1-34(2,3)17-29(45)38-24-15-21(18-36-19-24)26-9-10-28-31(39-26)32(43-42-28)33-40-27-8-6-7-25(30(27)41-33)20-13-22(35)16-23(14-20)37-11-12-44(4)5/h6-10,13-16,18-19,29,37-38,45H,11-12,17H2,1-5H3,(H,40,41)(H,42,43). The third-order valence-electron chi connectivity index (χ3n) is 7.41. The zero-order valence-corrected chi connectivity index (χ0v) is 26.1. The number of halogens is 1. The number of aliphatic hydroxyl groups excluding tert-OH is 1. The quantitative estimate of drug-likeness (QED) is 0.111. The summed E-state index contributed by atoms with van der Waals surface area (Å²) >= 11 is 0. The number of benzene rings is 2. The number of nitrogens with zero attached hydrogens (tertiary/aromatic N) is 5. The van der Waals surface area contributed by atoms with Crippen LogP contribution in [0.4, 0.5) is 15.8 Å². The number of aromatic nitrogens is 6. The molecule has 4 aromatic heterocycles. The maximum Gasteiger partial charge on any atom is 0.161 e. The molecule has 11 heteroatoms. The zero-order chi connectivity index (χ0) is 31.7. The number of rotatable bonds is 10. The number of likely N-dealkylation sites (N-methyl/N-ethyl adjacent to an activating group) is 1. The molecule has 0 aliphatic rings. The molecule has 4 heterocycles. The van der Waals surface area contributed by atoms with Crippen molar-refractivity contribution >= 4 is 33.4 Å². The van der Waals surface area contributed by atoms with Gasteiger partial charge in [-0.15, -0.1) is 0 Å². The highest BCUT2D eigenvalue weighted by Crippen LogP contribution is 2.33. The fourth-order valence-corrected chi connectivity index (χ4v) is 5.36. The molecule has 0 aliphatic carbocycles. The number of para-hydroxylation sites is 1. The van der Waals surface area contributed by atoms with E-state index >= 15 is 0 Å². The average Bonchev–Trinajstić information content (AvgIpc) is 3.59. The smallest absolute Gasteiger partial charge is 0.161 e. The van der Waals surface area contributed by atoms with Gasteiger partial charge >= 0.3 is 0 Å². The Labute approximate surface area is 261 Å². The van der Waals surface area contributed by atoms with Crippen molar-refractivity contribution in [2.24, 2.45) is 5.41 Å². The molecule has 6 aromatic rings. The number of aromatic amines is 2. The molecule has 0 aliphatic heterocycles. The average molecular weight is 608 g/mol. The molecule has 0 amide bonds. The summed E-state index contributed by atoms with van der Waals surface area (Å²) < 4.78 is 14.7. The predicted octanol–water partition coefficient (Wildman–Crippen LogP) is 6.51. The molecule has 6 rings (SSSR count). The Morgan fingerprint density at radius 3 is 2.56 bits per heavy atom. The second-order valence-electron chi connectivity index (χ2n) is 12.8. The van der Waals surface area contributed by atoms with Crippen molar-refractivity contribution in [1.29, 1.82) is 0 Å². The molecular weight excluding hydrogens is 569 g/mol. The SMILES string of the molecule is CN(C)CCNc1cc(F)cc(-c2cccc3[nH]c(-c4n[nH]c5ccc(-c6cncc(NC(O)CC(C)(C)C)c6)nc45)nc23)c1. The summed E-state index contributed by atoms with van der Waals surface area (Å²) in [6.45, 7) is 7.78. The highest BCUT2D eigenvalue weighted by molar-refractivity contribution is 5.96. The lowest BCUT2D eigenvalue weighted by Crippen LogP contribution is -2.25. The summed E-state index contributed by atoms with van der Waals surface area (Å²) in [4.78, 5) is 19.7. The van der Waals surface area contributed by atoms with Crippen LogP contribution in [0.15, 0.2) is 67.0 Å². The van der Waals surface area contributed by atoms with E-state index in [9.17, 15) is 9.50 Å². The molecule has 0 saturated heterocycles. The van der Waals surface area contributed by atoms with E-state index in [1.165, 1.54) is 12.1 Å². The van der Waals surface area contributed by atoms with Crippen LogP contribution in [0.1, 0.15) is 27.2 Å². The first-order valence-corrected chi connectivity index (χ1v) is 15.0. The van der Waals surface area contributed by atoms with Crippen molar-refractivity contribution in [2.45, 2.75) is 33.4 Å². The van der Waals surface area contributed by atoms with E-state index in [2.05, 4.69) is 56.5 Å². The van der Waals surface area contributed by atoms with Gasteiger partial charge in [0.25, 0.3) is 0 Å². The molecule has 0 spiro atoms. The largest absolute Gasteiger partial charge is 0.384 e. The monoisotopic (exact) mass is 607 g/mol. The maximum absolute atomic E-state index is 14.7. The molecule has 0 bridgehead atoms. The Bertz CT molecular complexity index is 1960. The fraction of sp³-hybridized carbons (Fsp3) is 0.294. The van der Waals surface area contributed by atoms with Crippen LogP contribution in [0, 0.1) is 11.2 Å². The fourth-order valence-electron chi connectivity index (χ4n) is 5.36. The van der Waals surface area contributed by atoms with Gasteiger partial charge < -0.3 is 25.6 Å². The summed E-state index contributed by atoms with van der Waals surface area (Å²) in [5.74, 6) is 0.230. The van der Waals surface area contributed by atoms with Crippen LogP contribution in [-0.2, 0) is 0 Å². The number of anilines is 2. The van der Waals surface area contributed by atoms with Crippen LogP contribution in [0.3, 0.4) is 0 Å². The topological polar surface area (TPSA) is 131 Å². The van der Waals surface area contributed by atoms with Gasteiger partial charge in [-0.2, -0.15) is 5.10 Å². The summed E-state index contributed by atoms with van der Waals surface area (Å²) in [6.07, 6.45) is 3.32. The van der Waals surface area contributed by atoms with Crippen molar-refractivity contribution in [3.8, 4) is 33.9 Å². The van der Waals surface area contributed by atoms with E-state index in [-0.39, 0.29) is 11.2 Å². The number of aliphatic hydroxyl groups is 1. The first kappa shape index (κ1) is 30.2. The number of imidazole rings is 1. The second-order valence-corrected chi connectivity index (χ2v) is 12.8. The Hall–Kier alpha value is -4.87. The Morgan fingerprint density at radius 2 is 1.76 bits per heavy atom. The summed E-state index contributed by atoms with van der Waals surface area (Å²) in [6, 6.07) is 16.5. The number of hydrogen-bond acceptors (Lipinski definition) is 8. The van der Waals surface area contributed by atoms with Gasteiger partial charge in [-0.25, -0.2) is 14.4 Å². The van der Waals surface area contributed by atoms with Gasteiger partial charge in [0.2, 0.25) is 0 Å². The number of H-pyrrole nitrogens is 2. The normalized spacial score (nSPS) is 12.7. The van der Waals surface area contributed by atoms with Crippen LogP contribution < -0.4 is 10.6 Å². The summed E-state index contributed by atoms with van der Waals surface area (Å²) in [5.41, 5.74) is 7.93. The van der Waals surface area contributed by atoms with Crippen LogP contribution in [0.2, 0.25) is 0 Å². The molecule has 10 nitrogen and oxygen atoms in total. The Morgan fingerprint density at radius 1 is 0.933 bits per heavy atom. The van der Waals surface area contributed by atoms with E-state index in [0.29, 0.717) is 52.6 Å². The molecule has 1 unspecified atom stereocenters. The summed E-state index contributed by atoms with van der Waals surface area (Å²) in [7, 11) is 4.00. The lowest BCUT2D eigenvalue weighted by atomic mass is 9.91. The molecular formula is C34H38FN9O. The van der Waals surface area contributed by atoms with Gasteiger partial charge in [-0.1, -0.05) is 32.9 Å². The minimum atomic E-state index is -0.700. The molecule has 2 aromatic carbocycles. The van der Waals surface area contributed by atoms with Crippen LogP contribution in [0.25, 0.3) is 56.0 Å². The zero-order valence-electron chi connectivity index (χ0n) is 26.1. The third kappa shape index (κ3) is 6.95. The predicted molar refractivity (Wildman–Crippen MR) is 178 cm³/mol. The van der Waals surface area contributed by atoms with Gasteiger partial charge in [0.05, 0.1) is 34.1 Å². The molecule has 0 saturated carbocycles. The van der Waals surface area contributed by atoms with E-state index in [4.69, 9.17) is 9.97 Å². The third-order valence-corrected chi connectivity index (χ3v) is 7.41. The second kappa shape index (κ2) is 12.3. The minimum absolute atomic E-state index is 0.0254. The minimum Gasteiger partial charge on any atom is -0.384 e. The molecule has 1 atom stereocenters. The van der Waals surface area contributed by atoms with E-state index in [1.54, 1.807) is 12.4 Å². The molecule has 0 radical (unpaired) electrons. The van der Waals surface area contributed by atoms with Gasteiger partial charge in [0.15, 0.2) is 11.5 Å². The number of fused-ring (bicyclic) bond motifs is 2. The van der Waals surface area contributed by atoms with Crippen LogP contribution >= 0.6 is 0 Å². The Kier molecular flexibility index (Phi) is 8.22. The first-order valence-electron chi connectivity index (χ1n) is 15.0. The van der Waals surface area contributed by atoms with Crippen molar-refractivity contribution in [3.05, 3.63) is 72.8 Å². The van der Waals surface area contributed by atoms with Crippen molar-refractivity contribution in [2.75, 3.05) is 37.8 Å². The molecule has 0 fully saturated rings. The Balaban J connectivity index is 1.32. The molecule has 45 heavy (non-hydrogen) atoms. The number of pyridine rings is 2. The number of hydrogen-bond donors (Lipinski definition) is 5. The van der Waals surface area contributed by atoms with Gasteiger partial charge in [-0.05, 0) is 74.0 Å². The van der Waals surface area contributed by atoms with E-state index in [0.717, 1.165) is 34.3 Å². The first-order chi connectivity index (χ1) is 21.5. The lowest BCUT2D eigenvalue weighted by Gasteiger charge is -2.23. The van der Waals surface area contributed by atoms with Gasteiger partial charge in [0, 0.05) is 36.1 Å². The van der Waals surface area contributed by atoms with Crippen LogP contribution in [-0.4, -0.2) is 73.6 Å². The van der Waals surface area contributed by atoms with Crippen molar-refractivity contribution in [1.82, 2.24) is 35.0 Å². The highest BCUT2D eigenvalue weighted by Gasteiger charge is 2.19. The van der Waals surface area contributed by atoms with Crippen molar-refractivity contribution < 1.29 is 9.50 Å². The van der Waals surface area contributed by atoms with Gasteiger partial charge in [0.1, 0.15) is 17.6 Å². The van der Waals surface area contributed by atoms with E-state index < -0.39 is 6.23 Å². The number of nitrogens with one attached hydrogen (secondary N) is 4. The van der Waals surface area contributed by atoms with Gasteiger partial charge in [-0.3, -0.25) is 10.1 Å². The lowest BCUT2D eigenvalue weighted by molar-refractivity contribution is 0.145. The van der Waals surface area contributed by atoms with E-state index in [1.807, 2.05) is 56.6 Å². The highest BCUT2D eigenvalue weighted by atomic mass is 19.1. The maximum atomic E-state index is 14.7. The van der Waals surface area contributed by atoms with Crippen molar-refractivity contribution in [3.63, 3.8) is 0 Å². The molecule has 232 valence electrons.